The fourth-order valence-corrected chi connectivity index (χ4v) is 3.58. The number of nitro groups is 1. The molecule has 3 aromatic rings. The summed E-state index contributed by atoms with van der Waals surface area (Å²) in [6.07, 6.45) is 0. The first-order valence-corrected chi connectivity index (χ1v) is 8.28. The van der Waals surface area contributed by atoms with Gasteiger partial charge in [-0.15, -0.1) is 0 Å². The summed E-state index contributed by atoms with van der Waals surface area (Å²) in [5.74, 6) is 0.354. The highest BCUT2D eigenvalue weighted by atomic mass is 16.6. The number of nitrogens with zero attached hydrogens (tertiary/aromatic N) is 2. The highest BCUT2D eigenvalue weighted by molar-refractivity contribution is 5.85. The molecule has 7 heteroatoms. The average molecular weight is 341 g/mol. The lowest BCUT2D eigenvalue weighted by Gasteiger charge is -2.33. The van der Waals surface area contributed by atoms with Crippen LogP contribution in [0.5, 0.6) is 0 Å². The van der Waals surface area contributed by atoms with Crippen LogP contribution >= 0.6 is 0 Å². The van der Waals surface area contributed by atoms with Crippen molar-refractivity contribution in [3.05, 3.63) is 63.5 Å². The van der Waals surface area contributed by atoms with Crippen LogP contribution in [0.4, 0.5) is 5.88 Å². The molecule has 2 aromatic heterocycles. The SMILES string of the molecule is Cc1[nH]c2ccccc2c1C(c1ccc([N+](=O)[O-])o1)N1CCOCC1. The Kier molecular flexibility index (Phi) is 4.03. The first-order valence-electron chi connectivity index (χ1n) is 8.28. The molecule has 7 nitrogen and oxygen atoms in total. The third kappa shape index (κ3) is 2.81. The van der Waals surface area contributed by atoms with Gasteiger partial charge in [-0.25, -0.2) is 0 Å². The van der Waals surface area contributed by atoms with Gasteiger partial charge < -0.3 is 14.1 Å². The first-order chi connectivity index (χ1) is 12.1. The van der Waals surface area contributed by atoms with Gasteiger partial charge in [0.25, 0.3) is 0 Å². The number of fused-ring (bicyclic) bond motifs is 1. The van der Waals surface area contributed by atoms with E-state index in [1.807, 2.05) is 25.1 Å². The Labute approximate surface area is 144 Å². The van der Waals surface area contributed by atoms with Crippen molar-refractivity contribution in [2.75, 3.05) is 26.3 Å². The highest BCUT2D eigenvalue weighted by Gasteiger charge is 2.31. The van der Waals surface area contributed by atoms with Crippen LogP contribution in [0.2, 0.25) is 0 Å². The number of furan rings is 1. The van der Waals surface area contributed by atoms with E-state index in [0.717, 1.165) is 35.2 Å². The van der Waals surface area contributed by atoms with Crippen molar-refractivity contribution in [2.24, 2.45) is 0 Å². The van der Waals surface area contributed by atoms with Crippen LogP contribution in [0.15, 0.2) is 40.8 Å². The quantitative estimate of drug-likeness (QED) is 0.581. The number of para-hydroxylation sites is 1. The Hall–Kier alpha value is -2.64. The number of hydrogen-bond acceptors (Lipinski definition) is 5. The molecule has 1 aliphatic rings. The maximum Gasteiger partial charge on any atom is 0.433 e. The monoisotopic (exact) mass is 341 g/mol. The minimum Gasteiger partial charge on any atom is -0.404 e. The van der Waals surface area contributed by atoms with Crippen LogP contribution in [0, 0.1) is 17.0 Å². The molecule has 0 bridgehead atoms. The summed E-state index contributed by atoms with van der Waals surface area (Å²) < 4.78 is 11.1. The molecule has 1 fully saturated rings. The maximum atomic E-state index is 11.1. The van der Waals surface area contributed by atoms with Crippen LogP contribution in [0.25, 0.3) is 10.9 Å². The minimum atomic E-state index is -0.498. The minimum absolute atomic E-state index is 0.186. The number of rotatable bonds is 4. The lowest BCUT2D eigenvalue weighted by atomic mass is 9.99. The third-order valence-electron chi connectivity index (χ3n) is 4.69. The van der Waals surface area contributed by atoms with E-state index in [4.69, 9.17) is 9.15 Å². The molecule has 3 heterocycles. The van der Waals surface area contributed by atoms with Crippen molar-refractivity contribution in [3.63, 3.8) is 0 Å². The van der Waals surface area contributed by atoms with Gasteiger partial charge in [-0.1, -0.05) is 18.2 Å². The molecule has 1 saturated heterocycles. The Morgan fingerprint density at radius 2 is 1.96 bits per heavy atom. The highest BCUT2D eigenvalue weighted by Crippen LogP contribution is 2.38. The van der Waals surface area contributed by atoms with E-state index in [2.05, 4.69) is 16.0 Å². The number of aromatic amines is 1. The van der Waals surface area contributed by atoms with Crippen molar-refractivity contribution in [3.8, 4) is 0 Å². The van der Waals surface area contributed by atoms with Gasteiger partial charge in [0.2, 0.25) is 0 Å². The van der Waals surface area contributed by atoms with Crippen LogP contribution < -0.4 is 0 Å². The molecule has 1 aromatic carbocycles. The Balaban J connectivity index is 1.86. The van der Waals surface area contributed by atoms with Crippen molar-refractivity contribution < 1.29 is 14.1 Å². The van der Waals surface area contributed by atoms with Crippen molar-refractivity contribution >= 4 is 16.8 Å². The zero-order valence-corrected chi connectivity index (χ0v) is 13.9. The zero-order valence-electron chi connectivity index (χ0n) is 13.9. The summed E-state index contributed by atoms with van der Waals surface area (Å²) >= 11 is 0. The molecule has 4 rings (SSSR count). The second-order valence-electron chi connectivity index (χ2n) is 6.19. The molecule has 130 valence electrons. The summed E-state index contributed by atoms with van der Waals surface area (Å²) in [7, 11) is 0. The fourth-order valence-electron chi connectivity index (χ4n) is 3.58. The molecule has 0 aliphatic carbocycles. The van der Waals surface area contributed by atoms with E-state index in [9.17, 15) is 10.1 Å². The molecule has 25 heavy (non-hydrogen) atoms. The van der Waals surface area contributed by atoms with Gasteiger partial charge in [0.15, 0.2) is 0 Å². The van der Waals surface area contributed by atoms with Gasteiger partial charge in [0.1, 0.15) is 10.7 Å². The molecule has 0 amide bonds. The number of aryl methyl sites for hydroxylation is 1. The molecule has 0 spiro atoms. The zero-order chi connectivity index (χ0) is 17.4. The van der Waals surface area contributed by atoms with Gasteiger partial charge >= 0.3 is 5.88 Å². The molecule has 1 unspecified atom stereocenters. The lowest BCUT2D eigenvalue weighted by molar-refractivity contribution is -0.402. The number of morpholine rings is 1. The second kappa shape index (κ2) is 6.34. The summed E-state index contributed by atoms with van der Waals surface area (Å²) in [6, 6.07) is 11.0. The van der Waals surface area contributed by atoms with Crippen LogP contribution in [0.3, 0.4) is 0 Å². The predicted octanol–water partition coefficient (Wildman–Crippen LogP) is 3.40. The standard InChI is InChI=1S/C18H19N3O4/c1-12-17(13-4-2-3-5-14(13)19-12)18(20-8-10-24-11-9-20)15-6-7-16(25-15)21(22)23/h2-7,18-19H,8-11H2,1H3. The van der Waals surface area contributed by atoms with Crippen LogP contribution in [-0.4, -0.2) is 41.1 Å². The lowest BCUT2D eigenvalue weighted by Crippen LogP contribution is -2.39. The number of ether oxygens (including phenoxy) is 1. The van der Waals surface area contributed by atoms with Gasteiger partial charge in [-0.2, -0.15) is 0 Å². The number of H-pyrrole nitrogens is 1. The summed E-state index contributed by atoms with van der Waals surface area (Å²) in [5.41, 5.74) is 3.19. The summed E-state index contributed by atoms with van der Waals surface area (Å²) in [4.78, 5) is 16.2. The number of benzene rings is 1. The molecule has 1 atom stereocenters. The molecular formula is C18H19N3O4. The number of hydrogen-bond donors (Lipinski definition) is 1. The van der Waals surface area contributed by atoms with Crippen molar-refractivity contribution in [1.82, 2.24) is 9.88 Å². The average Bonchev–Trinajstić information content (AvgIpc) is 3.22. The maximum absolute atomic E-state index is 11.1. The fraction of sp³-hybridized carbons (Fsp3) is 0.333. The van der Waals surface area contributed by atoms with E-state index in [-0.39, 0.29) is 11.9 Å². The number of nitrogens with one attached hydrogen (secondary N) is 1. The van der Waals surface area contributed by atoms with E-state index < -0.39 is 4.92 Å². The van der Waals surface area contributed by atoms with Gasteiger partial charge in [-0.3, -0.25) is 15.0 Å². The van der Waals surface area contributed by atoms with Crippen LogP contribution in [-0.2, 0) is 4.74 Å². The number of aromatic nitrogens is 1. The predicted molar refractivity (Wildman–Crippen MR) is 92.6 cm³/mol. The van der Waals surface area contributed by atoms with Gasteiger partial charge in [-0.05, 0) is 19.1 Å². The Morgan fingerprint density at radius 3 is 2.68 bits per heavy atom. The second-order valence-corrected chi connectivity index (χ2v) is 6.19. The first kappa shape index (κ1) is 15.9. The van der Waals surface area contributed by atoms with Gasteiger partial charge in [0.05, 0.1) is 25.3 Å². The van der Waals surface area contributed by atoms with Crippen LogP contribution in [0.1, 0.15) is 23.1 Å². The topological polar surface area (TPSA) is 84.5 Å². The molecule has 1 aliphatic heterocycles. The van der Waals surface area contributed by atoms with E-state index in [1.165, 1.54) is 6.07 Å². The smallest absolute Gasteiger partial charge is 0.404 e. The summed E-state index contributed by atoms with van der Waals surface area (Å²) in [5, 5.41) is 12.2. The summed E-state index contributed by atoms with van der Waals surface area (Å²) in [6.45, 7) is 4.80. The normalized spacial score (nSPS) is 17.0. The van der Waals surface area contributed by atoms with Crippen molar-refractivity contribution in [2.45, 2.75) is 13.0 Å². The molecule has 0 saturated carbocycles. The van der Waals surface area contributed by atoms with Crippen molar-refractivity contribution in [1.29, 1.82) is 0 Å². The van der Waals surface area contributed by atoms with E-state index in [0.29, 0.717) is 19.0 Å². The van der Waals surface area contributed by atoms with E-state index >= 15 is 0 Å². The van der Waals surface area contributed by atoms with Gasteiger partial charge in [0, 0.05) is 35.2 Å². The molecule has 0 radical (unpaired) electrons. The molecule has 1 N–H and O–H groups in total. The Bertz CT molecular complexity index is 908. The largest absolute Gasteiger partial charge is 0.433 e. The Morgan fingerprint density at radius 1 is 1.20 bits per heavy atom. The third-order valence-corrected chi connectivity index (χ3v) is 4.69. The van der Waals surface area contributed by atoms with E-state index in [1.54, 1.807) is 6.07 Å². The molecular weight excluding hydrogens is 322 g/mol.